The summed E-state index contributed by atoms with van der Waals surface area (Å²) in [5, 5.41) is 0. The third-order valence-corrected chi connectivity index (χ3v) is 3.14. The fourth-order valence-electron chi connectivity index (χ4n) is 1.58. The van der Waals surface area contributed by atoms with Gasteiger partial charge in [0.2, 0.25) is 0 Å². The summed E-state index contributed by atoms with van der Waals surface area (Å²) in [6, 6.07) is 11.5. The molecule has 0 aliphatic carbocycles. The monoisotopic (exact) mass is 322 g/mol. The minimum atomic E-state index is -0.464. The average molecular weight is 323 g/mol. The van der Waals surface area contributed by atoms with Crippen LogP contribution in [0.25, 0.3) is 0 Å². The lowest BCUT2D eigenvalue weighted by Gasteiger charge is -2.07. The number of aryl methyl sites for hydroxylation is 1. The number of rotatable bonds is 4. The standard InChI is InChI=1S/C15H12BrFO2/c1-10-2-7-13(17)15(8-10)19-9-14(18)11-3-5-12(16)6-4-11/h2-8H,9H2,1H3. The maximum atomic E-state index is 13.4. The van der Waals surface area contributed by atoms with Crippen molar-refractivity contribution in [1.29, 1.82) is 0 Å². The second-order valence-electron chi connectivity index (χ2n) is 4.15. The number of carbonyl (C=O) groups excluding carboxylic acids is 1. The zero-order chi connectivity index (χ0) is 13.8. The van der Waals surface area contributed by atoms with E-state index in [1.165, 1.54) is 6.07 Å². The van der Waals surface area contributed by atoms with E-state index in [1.54, 1.807) is 36.4 Å². The zero-order valence-electron chi connectivity index (χ0n) is 10.3. The molecular weight excluding hydrogens is 311 g/mol. The van der Waals surface area contributed by atoms with E-state index in [-0.39, 0.29) is 18.1 Å². The van der Waals surface area contributed by atoms with E-state index < -0.39 is 5.82 Å². The molecule has 0 N–H and O–H groups in total. The molecule has 0 aliphatic rings. The van der Waals surface area contributed by atoms with E-state index in [9.17, 15) is 9.18 Å². The lowest BCUT2D eigenvalue weighted by atomic mass is 10.1. The molecule has 2 nitrogen and oxygen atoms in total. The molecule has 2 rings (SSSR count). The molecule has 0 heterocycles. The Morgan fingerprint density at radius 3 is 2.58 bits per heavy atom. The van der Waals surface area contributed by atoms with Crippen molar-refractivity contribution >= 4 is 21.7 Å². The number of ether oxygens (including phenoxy) is 1. The largest absolute Gasteiger partial charge is 0.482 e. The zero-order valence-corrected chi connectivity index (χ0v) is 11.9. The molecule has 0 spiro atoms. The highest BCUT2D eigenvalue weighted by atomic mass is 79.9. The van der Waals surface area contributed by atoms with Crippen molar-refractivity contribution in [3.05, 3.63) is 63.9 Å². The van der Waals surface area contributed by atoms with Crippen LogP contribution in [0, 0.1) is 12.7 Å². The number of carbonyl (C=O) groups is 1. The van der Waals surface area contributed by atoms with Gasteiger partial charge in [0.1, 0.15) is 0 Å². The molecule has 2 aromatic carbocycles. The molecule has 0 atom stereocenters. The minimum Gasteiger partial charge on any atom is -0.482 e. The first-order chi connectivity index (χ1) is 9.06. The highest BCUT2D eigenvalue weighted by Gasteiger charge is 2.09. The lowest BCUT2D eigenvalue weighted by molar-refractivity contribution is 0.0918. The van der Waals surface area contributed by atoms with Gasteiger partial charge < -0.3 is 4.74 Å². The molecule has 0 bridgehead atoms. The van der Waals surface area contributed by atoms with Crippen LogP contribution in [-0.4, -0.2) is 12.4 Å². The molecule has 98 valence electrons. The molecule has 0 unspecified atom stereocenters. The number of halogens is 2. The first-order valence-electron chi connectivity index (χ1n) is 5.74. The van der Waals surface area contributed by atoms with Crippen molar-refractivity contribution in [3.63, 3.8) is 0 Å². The van der Waals surface area contributed by atoms with E-state index in [0.29, 0.717) is 5.56 Å². The van der Waals surface area contributed by atoms with E-state index in [0.717, 1.165) is 10.0 Å². The summed E-state index contributed by atoms with van der Waals surface area (Å²) in [4.78, 5) is 11.9. The predicted molar refractivity (Wildman–Crippen MR) is 75.1 cm³/mol. The Morgan fingerprint density at radius 2 is 1.89 bits per heavy atom. The molecule has 0 radical (unpaired) electrons. The van der Waals surface area contributed by atoms with Crippen LogP contribution in [0.15, 0.2) is 46.9 Å². The van der Waals surface area contributed by atoms with Gasteiger partial charge in [-0.15, -0.1) is 0 Å². The quantitative estimate of drug-likeness (QED) is 0.790. The van der Waals surface area contributed by atoms with Crippen LogP contribution in [0.1, 0.15) is 15.9 Å². The van der Waals surface area contributed by atoms with Crippen LogP contribution in [0.2, 0.25) is 0 Å². The third-order valence-electron chi connectivity index (χ3n) is 2.61. The van der Waals surface area contributed by atoms with Gasteiger partial charge in [0.15, 0.2) is 24.0 Å². The van der Waals surface area contributed by atoms with Gasteiger partial charge >= 0.3 is 0 Å². The molecule has 2 aromatic rings. The topological polar surface area (TPSA) is 26.3 Å². The Balaban J connectivity index is 2.04. The number of Topliss-reactive ketones (excluding diaryl/α,β-unsaturated/α-hetero) is 1. The predicted octanol–water partition coefficient (Wildman–Crippen LogP) is 4.16. The first kappa shape index (κ1) is 13.7. The van der Waals surface area contributed by atoms with Crippen molar-refractivity contribution in [2.24, 2.45) is 0 Å². The van der Waals surface area contributed by atoms with Gasteiger partial charge in [-0.05, 0) is 36.8 Å². The molecule has 0 saturated carbocycles. The number of ketones is 1. The second-order valence-corrected chi connectivity index (χ2v) is 5.07. The summed E-state index contributed by atoms with van der Waals surface area (Å²) in [5.41, 5.74) is 1.42. The fraction of sp³-hybridized carbons (Fsp3) is 0.133. The van der Waals surface area contributed by atoms with Crippen LogP contribution >= 0.6 is 15.9 Å². The SMILES string of the molecule is Cc1ccc(F)c(OCC(=O)c2ccc(Br)cc2)c1. The van der Waals surface area contributed by atoms with E-state index in [2.05, 4.69) is 15.9 Å². The van der Waals surface area contributed by atoms with Crippen LogP contribution in [-0.2, 0) is 0 Å². The molecule has 0 aromatic heterocycles. The van der Waals surface area contributed by atoms with Crippen LogP contribution in [0.3, 0.4) is 0 Å². The summed E-state index contributed by atoms with van der Waals surface area (Å²) in [7, 11) is 0. The molecule has 0 saturated heterocycles. The van der Waals surface area contributed by atoms with Crippen LogP contribution in [0.4, 0.5) is 4.39 Å². The Morgan fingerprint density at radius 1 is 1.21 bits per heavy atom. The maximum absolute atomic E-state index is 13.4. The third kappa shape index (κ3) is 3.64. The Labute approximate surface area is 119 Å². The summed E-state index contributed by atoms with van der Waals surface area (Å²) >= 11 is 3.30. The Kier molecular flexibility index (Phi) is 4.32. The van der Waals surface area contributed by atoms with Crippen molar-refractivity contribution in [1.82, 2.24) is 0 Å². The molecule has 19 heavy (non-hydrogen) atoms. The normalized spacial score (nSPS) is 10.3. The molecular formula is C15H12BrFO2. The van der Waals surface area contributed by atoms with Crippen molar-refractivity contribution < 1.29 is 13.9 Å². The van der Waals surface area contributed by atoms with E-state index >= 15 is 0 Å². The van der Waals surface area contributed by atoms with Crippen LogP contribution in [0.5, 0.6) is 5.75 Å². The van der Waals surface area contributed by atoms with Gasteiger partial charge in [0.25, 0.3) is 0 Å². The van der Waals surface area contributed by atoms with Crippen molar-refractivity contribution in [2.75, 3.05) is 6.61 Å². The van der Waals surface area contributed by atoms with Gasteiger partial charge in [-0.3, -0.25) is 4.79 Å². The van der Waals surface area contributed by atoms with Gasteiger partial charge in [0.05, 0.1) is 0 Å². The molecule has 0 aliphatic heterocycles. The highest BCUT2D eigenvalue weighted by Crippen LogP contribution is 2.19. The smallest absolute Gasteiger partial charge is 0.200 e. The summed E-state index contributed by atoms with van der Waals surface area (Å²) in [6.45, 7) is 1.66. The van der Waals surface area contributed by atoms with Crippen molar-refractivity contribution in [3.8, 4) is 5.75 Å². The molecule has 0 fully saturated rings. The summed E-state index contributed by atoms with van der Waals surface area (Å²) in [5.74, 6) is -0.548. The summed E-state index contributed by atoms with van der Waals surface area (Å²) in [6.07, 6.45) is 0. The van der Waals surface area contributed by atoms with Gasteiger partial charge in [-0.25, -0.2) is 4.39 Å². The highest BCUT2D eigenvalue weighted by molar-refractivity contribution is 9.10. The van der Waals surface area contributed by atoms with Gasteiger partial charge in [-0.2, -0.15) is 0 Å². The minimum absolute atomic E-state index is 0.102. The lowest BCUT2D eigenvalue weighted by Crippen LogP contribution is -2.12. The first-order valence-corrected chi connectivity index (χ1v) is 6.53. The number of benzene rings is 2. The number of hydrogen-bond donors (Lipinski definition) is 0. The van der Waals surface area contributed by atoms with E-state index in [4.69, 9.17) is 4.74 Å². The van der Waals surface area contributed by atoms with E-state index in [1.807, 2.05) is 6.92 Å². The van der Waals surface area contributed by atoms with Crippen LogP contribution < -0.4 is 4.74 Å². The number of hydrogen-bond acceptors (Lipinski definition) is 2. The Bertz CT molecular complexity index is 594. The maximum Gasteiger partial charge on any atom is 0.200 e. The Hall–Kier alpha value is -1.68. The van der Waals surface area contributed by atoms with Crippen molar-refractivity contribution in [2.45, 2.75) is 6.92 Å². The van der Waals surface area contributed by atoms with Gasteiger partial charge in [0, 0.05) is 10.0 Å². The fourth-order valence-corrected chi connectivity index (χ4v) is 1.85. The second kappa shape index (κ2) is 5.97. The van der Waals surface area contributed by atoms with Gasteiger partial charge in [-0.1, -0.05) is 34.1 Å². The average Bonchev–Trinajstić information content (AvgIpc) is 2.40. The molecule has 4 heteroatoms. The molecule has 0 amide bonds. The summed E-state index contributed by atoms with van der Waals surface area (Å²) < 4.78 is 19.6.